The van der Waals surface area contributed by atoms with Gasteiger partial charge < -0.3 is 10.2 Å². The maximum Gasteiger partial charge on any atom is 0.506 e. The Labute approximate surface area is 117 Å². The van der Waals surface area contributed by atoms with Gasteiger partial charge in [-0.2, -0.15) is 4.89 Å². The summed E-state index contributed by atoms with van der Waals surface area (Å²) in [6, 6.07) is 10.3. The molecule has 0 fully saturated rings. The van der Waals surface area contributed by atoms with E-state index in [1.165, 1.54) is 5.56 Å². The Bertz CT molecular complexity index is 445. The zero-order valence-corrected chi connectivity index (χ0v) is 12.0. The Kier molecular flexibility index (Phi) is 9.17. The van der Waals surface area contributed by atoms with Crippen LogP contribution >= 0.6 is 8.03 Å². The highest BCUT2D eigenvalue weighted by Gasteiger charge is 2.27. The fourth-order valence-corrected chi connectivity index (χ4v) is 2.03. The molecule has 0 aromatic heterocycles. The maximum absolute atomic E-state index is 10.4. The summed E-state index contributed by atoms with van der Waals surface area (Å²) < 4.78 is 10.3. The Morgan fingerprint density at radius 1 is 1.20 bits per heavy atom. The second-order valence-electron chi connectivity index (χ2n) is 4.16. The van der Waals surface area contributed by atoms with Crippen LogP contribution in [-0.2, 0) is 14.2 Å². The number of aliphatic carboxylic acids is 2. The van der Waals surface area contributed by atoms with E-state index in [2.05, 4.69) is 19.1 Å². The summed E-state index contributed by atoms with van der Waals surface area (Å²) in [7, 11) is -2.53. The molecule has 0 radical (unpaired) electrons. The molecular weight excluding hydrogens is 283 g/mol. The van der Waals surface area contributed by atoms with Gasteiger partial charge in [0.1, 0.15) is 5.92 Å². The van der Waals surface area contributed by atoms with Crippen molar-refractivity contribution < 1.29 is 29.3 Å². The number of hydrogen-bond donors (Lipinski definition) is 3. The minimum Gasteiger partial charge on any atom is -0.481 e. The highest BCUT2D eigenvalue weighted by Crippen LogP contribution is 2.21. The van der Waals surface area contributed by atoms with Crippen molar-refractivity contribution in [1.82, 2.24) is 0 Å². The molecule has 0 saturated carbocycles. The summed E-state index contributed by atoms with van der Waals surface area (Å²) >= 11 is 0. The molecule has 2 atom stereocenters. The third kappa shape index (κ3) is 10.2. The first kappa shape index (κ1) is 18.2. The largest absolute Gasteiger partial charge is 0.506 e. The summed E-state index contributed by atoms with van der Waals surface area (Å²) in [6.45, 7) is 2.08. The van der Waals surface area contributed by atoms with Gasteiger partial charge in [-0.05, 0) is 17.9 Å². The Balaban J connectivity index is 0.000000428. The quantitative estimate of drug-likeness (QED) is 0.695. The average molecular weight is 301 g/mol. The van der Waals surface area contributed by atoms with E-state index < -0.39 is 32.0 Å². The molecule has 0 amide bonds. The molecule has 20 heavy (non-hydrogen) atoms. The summed E-state index contributed by atoms with van der Waals surface area (Å²) in [4.78, 5) is 28.9. The molecular formula is C13H18O6P+. The van der Waals surface area contributed by atoms with Gasteiger partial charge in [0.05, 0.1) is 0 Å². The normalized spacial score (nSPS) is 11.8. The van der Waals surface area contributed by atoms with Gasteiger partial charge in [0.15, 0.2) is 6.16 Å². The van der Waals surface area contributed by atoms with Crippen molar-refractivity contribution in [1.29, 1.82) is 0 Å². The minimum atomic E-state index is -2.53. The van der Waals surface area contributed by atoms with Crippen LogP contribution < -0.4 is 0 Å². The smallest absolute Gasteiger partial charge is 0.481 e. The van der Waals surface area contributed by atoms with Gasteiger partial charge in [0.2, 0.25) is 0 Å². The fourth-order valence-electron chi connectivity index (χ4n) is 1.31. The van der Waals surface area contributed by atoms with Crippen LogP contribution in [0.3, 0.4) is 0 Å². The van der Waals surface area contributed by atoms with E-state index in [-0.39, 0.29) is 12.8 Å². The van der Waals surface area contributed by atoms with Crippen LogP contribution in [-0.4, -0.2) is 33.2 Å². The van der Waals surface area contributed by atoms with Crippen LogP contribution in [0, 0.1) is 12.8 Å². The number of carboxylic acid groups (broad SMARTS) is 2. The van der Waals surface area contributed by atoms with Crippen molar-refractivity contribution in [2.45, 2.75) is 19.8 Å². The molecule has 2 unspecified atom stereocenters. The first-order chi connectivity index (χ1) is 9.32. The highest BCUT2D eigenvalue weighted by molar-refractivity contribution is 7.38. The van der Waals surface area contributed by atoms with Crippen LogP contribution in [0.1, 0.15) is 18.4 Å². The van der Waals surface area contributed by atoms with Crippen LogP contribution in [0.4, 0.5) is 0 Å². The molecule has 0 spiro atoms. The van der Waals surface area contributed by atoms with Crippen LogP contribution in [0.5, 0.6) is 0 Å². The van der Waals surface area contributed by atoms with Crippen LogP contribution in [0.25, 0.3) is 0 Å². The summed E-state index contributed by atoms with van der Waals surface area (Å²) in [5.74, 6) is -3.40. The van der Waals surface area contributed by atoms with Gasteiger partial charge in [0.25, 0.3) is 0 Å². The zero-order valence-electron chi connectivity index (χ0n) is 11.1. The molecule has 0 bridgehead atoms. The molecule has 6 nitrogen and oxygen atoms in total. The van der Waals surface area contributed by atoms with Crippen molar-refractivity contribution in [2.75, 3.05) is 6.16 Å². The van der Waals surface area contributed by atoms with E-state index in [1.807, 2.05) is 18.2 Å². The van der Waals surface area contributed by atoms with Crippen molar-refractivity contribution in [3.63, 3.8) is 0 Å². The number of carboxylic acids is 2. The molecule has 0 heterocycles. The minimum absolute atomic E-state index is 0.119. The topological polar surface area (TPSA) is 112 Å². The second kappa shape index (κ2) is 10.1. The lowest BCUT2D eigenvalue weighted by Crippen LogP contribution is -2.17. The van der Waals surface area contributed by atoms with Gasteiger partial charge in [0, 0.05) is 6.42 Å². The van der Waals surface area contributed by atoms with Crippen LogP contribution in [0.15, 0.2) is 30.3 Å². The molecule has 0 saturated heterocycles. The van der Waals surface area contributed by atoms with Crippen molar-refractivity contribution in [3.8, 4) is 0 Å². The van der Waals surface area contributed by atoms with Crippen molar-refractivity contribution in [3.05, 3.63) is 35.9 Å². The first-order valence-corrected chi connectivity index (χ1v) is 7.32. The molecule has 0 aliphatic carbocycles. The molecule has 7 heteroatoms. The van der Waals surface area contributed by atoms with Crippen LogP contribution in [0.2, 0.25) is 0 Å². The highest BCUT2D eigenvalue weighted by atomic mass is 31.1. The van der Waals surface area contributed by atoms with Gasteiger partial charge in [-0.1, -0.05) is 35.9 Å². The maximum atomic E-state index is 10.4. The number of benzene rings is 1. The molecule has 0 aliphatic rings. The van der Waals surface area contributed by atoms with Gasteiger partial charge in [-0.15, -0.1) is 0 Å². The third-order valence-corrected chi connectivity index (χ3v) is 3.13. The first-order valence-electron chi connectivity index (χ1n) is 5.92. The summed E-state index contributed by atoms with van der Waals surface area (Å²) in [6.07, 6.45) is -0.815. The number of rotatable bonds is 6. The van der Waals surface area contributed by atoms with E-state index in [1.54, 1.807) is 0 Å². The third-order valence-electron chi connectivity index (χ3n) is 2.37. The Morgan fingerprint density at radius 3 is 2.05 bits per heavy atom. The SMILES string of the molecule is Cc1ccccc1.O=C(O)CCC(C[P+](=O)O)C(=O)O. The molecule has 3 N–H and O–H groups in total. The average Bonchev–Trinajstić information content (AvgIpc) is 2.35. The molecule has 1 rings (SSSR count). The molecule has 1 aromatic carbocycles. The van der Waals surface area contributed by atoms with Gasteiger partial charge >= 0.3 is 20.0 Å². The van der Waals surface area contributed by atoms with E-state index in [0.29, 0.717) is 0 Å². The van der Waals surface area contributed by atoms with Crippen molar-refractivity contribution >= 4 is 20.0 Å². The number of aryl methyl sites for hydroxylation is 1. The van der Waals surface area contributed by atoms with Crippen molar-refractivity contribution in [2.24, 2.45) is 5.92 Å². The zero-order chi connectivity index (χ0) is 15.5. The lowest BCUT2D eigenvalue weighted by molar-refractivity contribution is -0.142. The Morgan fingerprint density at radius 2 is 1.75 bits per heavy atom. The molecule has 110 valence electrons. The van der Waals surface area contributed by atoms with Gasteiger partial charge in [-0.25, -0.2) is 0 Å². The molecule has 1 aromatic rings. The lowest BCUT2D eigenvalue weighted by atomic mass is 10.1. The predicted octanol–water partition coefficient (Wildman–Crippen LogP) is 2.28. The molecule has 0 aliphatic heterocycles. The Hall–Kier alpha value is -1.78. The predicted molar refractivity (Wildman–Crippen MR) is 73.9 cm³/mol. The van der Waals surface area contributed by atoms with E-state index in [0.717, 1.165) is 0 Å². The lowest BCUT2D eigenvalue weighted by Gasteiger charge is -2.02. The number of carbonyl (C=O) groups is 2. The van der Waals surface area contributed by atoms with E-state index in [9.17, 15) is 14.2 Å². The van der Waals surface area contributed by atoms with Gasteiger partial charge in [-0.3, -0.25) is 9.59 Å². The summed E-state index contributed by atoms with van der Waals surface area (Å²) in [5, 5.41) is 16.8. The monoisotopic (exact) mass is 301 g/mol. The van der Waals surface area contributed by atoms with E-state index in [4.69, 9.17) is 15.1 Å². The fraction of sp³-hybridized carbons (Fsp3) is 0.385. The standard InChI is InChI=1S/C7H8.C6H9O6P/c1-7-5-3-2-4-6-7;7-5(8)2-1-4(6(9)10)3-13(11)12/h2-6H,1H3;4H,1-3H2,(H2-,7,8,9,10,11,12)/p+1. The number of hydrogen-bond acceptors (Lipinski definition) is 3. The second-order valence-corrected chi connectivity index (χ2v) is 5.23. The van der Waals surface area contributed by atoms with E-state index >= 15 is 0 Å². The summed E-state index contributed by atoms with van der Waals surface area (Å²) in [5.41, 5.74) is 1.32.